The summed E-state index contributed by atoms with van der Waals surface area (Å²) < 4.78 is 5.65. The Labute approximate surface area is 89.3 Å². The van der Waals surface area contributed by atoms with Gasteiger partial charge < -0.3 is 9.32 Å². The third-order valence-corrected chi connectivity index (χ3v) is 2.68. The van der Waals surface area contributed by atoms with E-state index in [-0.39, 0.29) is 5.91 Å². The van der Waals surface area contributed by atoms with Crippen LogP contribution in [0.4, 0.5) is 0 Å². The normalized spacial score (nSPS) is 15.6. The van der Waals surface area contributed by atoms with E-state index >= 15 is 0 Å². The predicted octanol–water partition coefficient (Wildman–Crippen LogP) is 1.70. The van der Waals surface area contributed by atoms with Crippen molar-refractivity contribution in [3.05, 3.63) is 17.3 Å². The van der Waals surface area contributed by atoms with Crippen molar-refractivity contribution in [2.45, 2.75) is 39.7 Å². The number of hydrogen-bond acceptors (Lipinski definition) is 3. The van der Waals surface area contributed by atoms with E-state index in [1.165, 1.54) is 0 Å². The lowest BCUT2D eigenvalue weighted by Crippen LogP contribution is -2.33. The fourth-order valence-electron chi connectivity index (χ4n) is 1.73. The summed E-state index contributed by atoms with van der Waals surface area (Å²) in [4.78, 5) is 17.4. The molecule has 0 aromatic carbocycles. The molecule has 0 saturated heterocycles. The number of nitrogens with zero attached hydrogens (tertiary/aromatic N) is 2. The van der Waals surface area contributed by atoms with Crippen molar-refractivity contribution in [3.8, 4) is 0 Å². The maximum Gasteiger partial charge on any atom is 0.219 e. The molecule has 0 atom stereocenters. The summed E-state index contributed by atoms with van der Waals surface area (Å²) in [6, 6.07) is 0. The maximum absolute atomic E-state index is 11.2. The molecule has 2 heterocycles. The number of amides is 1. The third-order valence-electron chi connectivity index (χ3n) is 2.68. The van der Waals surface area contributed by atoms with Gasteiger partial charge in [0.1, 0.15) is 11.5 Å². The van der Waals surface area contributed by atoms with Gasteiger partial charge in [-0.3, -0.25) is 4.79 Å². The van der Waals surface area contributed by atoms with Gasteiger partial charge in [-0.15, -0.1) is 0 Å². The molecule has 0 fully saturated rings. The average Bonchev–Trinajstić information content (AvgIpc) is 2.59. The zero-order valence-corrected chi connectivity index (χ0v) is 9.41. The van der Waals surface area contributed by atoms with Crippen LogP contribution in [0, 0.1) is 0 Å². The molecule has 0 radical (unpaired) electrons. The lowest BCUT2D eigenvalue weighted by molar-refractivity contribution is -0.129. The first kappa shape index (κ1) is 10.2. The van der Waals surface area contributed by atoms with Gasteiger partial charge in [0.2, 0.25) is 5.91 Å². The second kappa shape index (κ2) is 3.68. The molecule has 82 valence electrons. The highest BCUT2D eigenvalue weighted by atomic mass is 16.4. The smallest absolute Gasteiger partial charge is 0.219 e. The van der Waals surface area contributed by atoms with Crippen LogP contribution in [0.25, 0.3) is 0 Å². The number of carbonyl (C=O) groups is 1. The molecular weight excluding hydrogens is 192 g/mol. The first-order valence-corrected chi connectivity index (χ1v) is 5.32. The second-order valence-corrected chi connectivity index (χ2v) is 4.27. The minimum absolute atomic E-state index is 0.106. The lowest BCUT2D eigenvalue weighted by atomic mass is 10.1. The van der Waals surface area contributed by atoms with E-state index in [2.05, 4.69) is 18.8 Å². The van der Waals surface area contributed by atoms with Crippen molar-refractivity contribution >= 4 is 5.91 Å². The molecule has 1 aliphatic heterocycles. The molecule has 4 heteroatoms. The summed E-state index contributed by atoms with van der Waals surface area (Å²) in [6.07, 6.45) is 0.786. The Morgan fingerprint density at radius 1 is 1.53 bits per heavy atom. The van der Waals surface area contributed by atoms with Crippen LogP contribution in [-0.2, 0) is 17.8 Å². The van der Waals surface area contributed by atoms with Gasteiger partial charge in [-0.25, -0.2) is 4.98 Å². The highest BCUT2D eigenvalue weighted by Gasteiger charge is 2.24. The van der Waals surface area contributed by atoms with Crippen LogP contribution in [0.1, 0.15) is 44.0 Å². The fourth-order valence-corrected chi connectivity index (χ4v) is 1.73. The molecule has 2 rings (SSSR count). The molecule has 4 nitrogen and oxygen atoms in total. The molecular formula is C11H16N2O2. The fraction of sp³-hybridized carbons (Fsp3) is 0.636. The van der Waals surface area contributed by atoms with E-state index in [9.17, 15) is 4.79 Å². The molecule has 1 aromatic heterocycles. The first-order chi connectivity index (χ1) is 7.08. The summed E-state index contributed by atoms with van der Waals surface area (Å²) in [5.41, 5.74) is 0.931. The number of fused-ring (bicyclic) bond motifs is 1. The number of oxazole rings is 1. The van der Waals surface area contributed by atoms with Crippen LogP contribution in [0.2, 0.25) is 0 Å². The first-order valence-electron chi connectivity index (χ1n) is 5.32. The van der Waals surface area contributed by atoms with E-state index in [1.54, 1.807) is 11.8 Å². The van der Waals surface area contributed by atoms with Crippen LogP contribution in [-0.4, -0.2) is 22.3 Å². The SMILES string of the molecule is CC(=O)N1CCc2oc(C(C)C)nc2C1. The Bertz CT molecular complexity index is 382. The quantitative estimate of drug-likeness (QED) is 0.705. The van der Waals surface area contributed by atoms with E-state index in [1.807, 2.05) is 0 Å². The van der Waals surface area contributed by atoms with Crippen LogP contribution in [0.15, 0.2) is 4.42 Å². The number of carbonyl (C=O) groups excluding carboxylic acids is 1. The summed E-state index contributed by atoms with van der Waals surface area (Å²) in [7, 11) is 0. The van der Waals surface area contributed by atoms with Crippen molar-refractivity contribution in [2.24, 2.45) is 0 Å². The van der Waals surface area contributed by atoms with Crippen molar-refractivity contribution in [2.75, 3.05) is 6.54 Å². The number of aromatic nitrogens is 1. The van der Waals surface area contributed by atoms with Gasteiger partial charge in [0.05, 0.1) is 6.54 Å². The Morgan fingerprint density at radius 2 is 2.27 bits per heavy atom. The Kier molecular flexibility index (Phi) is 2.50. The molecule has 1 aliphatic rings. The Balaban J connectivity index is 2.22. The lowest BCUT2D eigenvalue weighted by Gasteiger charge is -2.23. The van der Waals surface area contributed by atoms with E-state index in [4.69, 9.17) is 4.42 Å². The molecule has 0 spiro atoms. The standard InChI is InChI=1S/C11H16N2O2/c1-7(2)11-12-9-6-13(8(3)14)5-4-10(9)15-11/h7H,4-6H2,1-3H3. The minimum atomic E-state index is 0.106. The summed E-state index contributed by atoms with van der Waals surface area (Å²) in [5, 5.41) is 0. The summed E-state index contributed by atoms with van der Waals surface area (Å²) in [6.45, 7) is 7.05. The highest BCUT2D eigenvalue weighted by Crippen LogP contribution is 2.23. The zero-order chi connectivity index (χ0) is 11.0. The van der Waals surface area contributed by atoms with Crippen molar-refractivity contribution in [3.63, 3.8) is 0 Å². The topological polar surface area (TPSA) is 46.3 Å². The van der Waals surface area contributed by atoms with Gasteiger partial charge in [-0.05, 0) is 0 Å². The van der Waals surface area contributed by atoms with Crippen LogP contribution in [0.3, 0.4) is 0 Å². The van der Waals surface area contributed by atoms with Crippen LogP contribution in [0.5, 0.6) is 0 Å². The van der Waals surface area contributed by atoms with Crippen molar-refractivity contribution < 1.29 is 9.21 Å². The summed E-state index contributed by atoms with van der Waals surface area (Å²) >= 11 is 0. The van der Waals surface area contributed by atoms with E-state index < -0.39 is 0 Å². The molecule has 0 saturated carbocycles. The third kappa shape index (κ3) is 1.89. The number of rotatable bonds is 1. The Hall–Kier alpha value is -1.32. The minimum Gasteiger partial charge on any atom is -0.445 e. The zero-order valence-electron chi connectivity index (χ0n) is 9.41. The molecule has 0 unspecified atom stereocenters. The van der Waals surface area contributed by atoms with Crippen molar-refractivity contribution in [1.82, 2.24) is 9.88 Å². The van der Waals surface area contributed by atoms with Gasteiger partial charge in [-0.2, -0.15) is 0 Å². The van der Waals surface area contributed by atoms with E-state index in [0.29, 0.717) is 12.5 Å². The van der Waals surface area contributed by atoms with Gasteiger partial charge in [-0.1, -0.05) is 13.8 Å². The molecule has 0 bridgehead atoms. The van der Waals surface area contributed by atoms with Gasteiger partial charge in [0.15, 0.2) is 5.89 Å². The largest absolute Gasteiger partial charge is 0.445 e. The van der Waals surface area contributed by atoms with Crippen molar-refractivity contribution in [1.29, 1.82) is 0 Å². The molecule has 1 amide bonds. The maximum atomic E-state index is 11.2. The van der Waals surface area contributed by atoms with Crippen LogP contribution < -0.4 is 0 Å². The molecule has 0 N–H and O–H groups in total. The van der Waals surface area contributed by atoms with Gasteiger partial charge >= 0.3 is 0 Å². The number of hydrogen-bond donors (Lipinski definition) is 0. The molecule has 1 aromatic rings. The summed E-state index contributed by atoms with van der Waals surface area (Å²) in [5.74, 6) is 2.15. The Morgan fingerprint density at radius 3 is 2.87 bits per heavy atom. The second-order valence-electron chi connectivity index (χ2n) is 4.27. The van der Waals surface area contributed by atoms with Crippen LogP contribution >= 0.6 is 0 Å². The van der Waals surface area contributed by atoms with Gasteiger partial charge in [0, 0.05) is 25.8 Å². The average molecular weight is 208 g/mol. The molecule has 15 heavy (non-hydrogen) atoms. The highest BCUT2D eigenvalue weighted by molar-refractivity contribution is 5.73. The predicted molar refractivity (Wildman–Crippen MR) is 55.4 cm³/mol. The molecule has 0 aliphatic carbocycles. The van der Waals surface area contributed by atoms with E-state index in [0.717, 1.165) is 30.3 Å². The monoisotopic (exact) mass is 208 g/mol. The van der Waals surface area contributed by atoms with Gasteiger partial charge in [0.25, 0.3) is 0 Å².